The van der Waals surface area contributed by atoms with Crippen molar-refractivity contribution in [1.82, 2.24) is 0 Å². The van der Waals surface area contributed by atoms with E-state index in [1.54, 1.807) is 12.1 Å². The van der Waals surface area contributed by atoms with Gasteiger partial charge in [0, 0.05) is 48.4 Å². The SMILES string of the molecule is COc1cc(C2C3=C(CC(C)(C)CC3=O)OC3=C2C(=O)CC(C)(C)C3)cc(Cl)c1OCC(=O)Nc1ccc(C)cc1. The Morgan fingerprint density at radius 1 is 0.951 bits per heavy atom. The summed E-state index contributed by atoms with van der Waals surface area (Å²) in [6, 6.07) is 10.9. The number of nitrogens with one attached hydrogen (secondary N) is 1. The van der Waals surface area contributed by atoms with E-state index in [0.717, 1.165) is 5.56 Å². The Kier molecular flexibility index (Phi) is 7.53. The molecule has 216 valence electrons. The van der Waals surface area contributed by atoms with Crippen LogP contribution < -0.4 is 14.8 Å². The van der Waals surface area contributed by atoms with E-state index in [9.17, 15) is 14.4 Å². The predicted octanol–water partition coefficient (Wildman–Crippen LogP) is 7.07. The lowest BCUT2D eigenvalue weighted by atomic mass is 9.65. The molecule has 41 heavy (non-hydrogen) atoms. The highest BCUT2D eigenvalue weighted by atomic mass is 35.5. The number of amides is 1. The van der Waals surface area contributed by atoms with Gasteiger partial charge in [0.05, 0.1) is 12.1 Å². The zero-order valence-electron chi connectivity index (χ0n) is 24.4. The van der Waals surface area contributed by atoms with Gasteiger partial charge in [0.15, 0.2) is 29.7 Å². The van der Waals surface area contributed by atoms with Crippen LogP contribution in [0.3, 0.4) is 0 Å². The molecule has 0 atom stereocenters. The van der Waals surface area contributed by atoms with Gasteiger partial charge in [0.2, 0.25) is 0 Å². The third-order valence-corrected chi connectivity index (χ3v) is 8.13. The van der Waals surface area contributed by atoms with Gasteiger partial charge in [-0.25, -0.2) is 0 Å². The topological polar surface area (TPSA) is 90.9 Å². The number of ketones is 2. The molecule has 1 N–H and O–H groups in total. The Morgan fingerprint density at radius 2 is 1.51 bits per heavy atom. The van der Waals surface area contributed by atoms with E-state index in [2.05, 4.69) is 5.32 Å². The Balaban J connectivity index is 1.50. The van der Waals surface area contributed by atoms with E-state index >= 15 is 0 Å². The fourth-order valence-corrected chi connectivity index (χ4v) is 6.30. The number of benzene rings is 2. The number of hydrogen-bond donors (Lipinski definition) is 1. The molecule has 0 unspecified atom stereocenters. The van der Waals surface area contributed by atoms with Gasteiger partial charge in [-0.05, 0) is 47.6 Å². The zero-order valence-corrected chi connectivity index (χ0v) is 25.2. The molecule has 2 aliphatic carbocycles. The molecular weight excluding hydrogens is 542 g/mol. The molecule has 1 aliphatic heterocycles. The molecule has 0 saturated heterocycles. The van der Waals surface area contributed by atoms with Crippen molar-refractivity contribution < 1.29 is 28.6 Å². The van der Waals surface area contributed by atoms with Crippen molar-refractivity contribution in [2.75, 3.05) is 19.0 Å². The van der Waals surface area contributed by atoms with Crippen LogP contribution in [0.25, 0.3) is 0 Å². The standard InChI is InChI=1S/C33H36ClNO6/c1-18-7-9-20(10-8-18)35-27(38)17-40-31-21(34)11-19(12-24(31)39-6)28-29-22(36)13-32(2,3)15-25(29)41-26-16-33(4,5)14-23(37)30(26)28/h7-12,28H,13-17H2,1-6H3,(H,35,38). The lowest BCUT2D eigenvalue weighted by Gasteiger charge is -2.42. The predicted molar refractivity (Wildman–Crippen MR) is 157 cm³/mol. The first-order valence-electron chi connectivity index (χ1n) is 13.8. The van der Waals surface area contributed by atoms with E-state index < -0.39 is 5.92 Å². The number of Topliss-reactive ketones (excluding diaryl/α,β-unsaturated/α-hetero) is 2. The maximum Gasteiger partial charge on any atom is 0.262 e. The van der Waals surface area contributed by atoms with Crippen molar-refractivity contribution in [2.24, 2.45) is 10.8 Å². The number of methoxy groups -OCH3 is 1. The number of allylic oxidation sites excluding steroid dienone is 4. The van der Waals surface area contributed by atoms with Crippen LogP contribution in [-0.2, 0) is 19.1 Å². The number of hydrogen-bond acceptors (Lipinski definition) is 6. The van der Waals surface area contributed by atoms with Gasteiger partial charge >= 0.3 is 0 Å². The van der Waals surface area contributed by atoms with Crippen LogP contribution >= 0.6 is 11.6 Å². The highest BCUT2D eigenvalue weighted by Gasteiger charge is 2.48. The number of carbonyl (C=O) groups excluding carboxylic acids is 3. The van der Waals surface area contributed by atoms with Gasteiger partial charge in [-0.1, -0.05) is 57.0 Å². The Labute approximate surface area is 245 Å². The number of rotatable bonds is 6. The summed E-state index contributed by atoms with van der Waals surface area (Å²) in [6.45, 7) is 9.88. The lowest BCUT2D eigenvalue weighted by molar-refractivity contribution is -0.120. The van der Waals surface area contributed by atoms with E-state index in [-0.39, 0.29) is 45.7 Å². The third-order valence-electron chi connectivity index (χ3n) is 7.85. The van der Waals surface area contributed by atoms with Gasteiger partial charge in [-0.2, -0.15) is 0 Å². The quantitative estimate of drug-likeness (QED) is 0.395. The molecule has 3 aliphatic rings. The Hall–Kier alpha value is -3.58. The Bertz CT molecular complexity index is 1450. The molecule has 5 rings (SSSR count). The van der Waals surface area contributed by atoms with Crippen molar-refractivity contribution in [2.45, 2.75) is 66.2 Å². The van der Waals surface area contributed by atoms with Crippen molar-refractivity contribution >= 4 is 34.8 Å². The summed E-state index contributed by atoms with van der Waals surface area (Å²) < 4.78 is 17.8. The van der Waals surface area contributed by atoms with Gasteiger partial charge in [-0.3, -0.25) is 14.4 Å². The second-order valence-corrected chi connectivity index (χ2v) is 13.2. The van der Waals surface area contributed by atoms with Crippen molar-refractivity contribution in [3.63, 3.8) is 0 Å². The minimum absolute atomic E-state index is 0.0337. The van der Waals surface area contributed by atoms with Crippen LogP contribution in [0.15, 0.2) is 59.1 Å². The fourth-order valence-electron chi connectivity index (χ4n) is 6.03. The van der Waals surface area contributed by atoms with Crippen LogP contribution in [0.1, 0.15) is 70.4 Å². The highest BCUT2D eigenvalue weighted by molar-refractivity contribution is 6.32. The monoisotopic (exact) mass is 577 g/mol. The molecule has 0 fully saturated rings. The fraction of sp³-hybridized carbons (Fsp3) is 0.424. The summed E-state index contributed by atoms with van der Waals surface area (Å²) in [5.74, 6) is 0.732. The van der Waals surface area contributed by atoms with Crippen molar-refractivity contribution in [1.29, 1.82) is 0 Å². The van der Waals surface area contributed by atoms with Crippen molar-refractivity contribution in [3.8, 4) is 11.5 Å². The second kappa shape index (κ2) is 10.7. The molecule has 2 aromatic carbocycles. The first kappa shape index (κ1) is 28.9. The normalized spacial score (nSPS) is 19.8. The molecule has 1 heterocycles. The van der Waals surface area contributed by atoms with E-state index in [0.29, 0.717) is 65.3 Å². The zero-order chi connectivity index (χ0) is 29.7. The summed E-state index contributed by atoms with van der Waals surface area (Å²) >= 11 is 6.74. The highest BCUT2D eigenvalue weighted by Crippen LogP contribution is 2.54. The van der Waals surface area contributed by atoms with Gasteiger partial charge in [0.1, 0.15) is 11.5 Å². The number of aryl methyl sites for hydroxylation is 1. The second-order valence-electron chi connectivity index (χ2n) is 12.8. The average molecular weight is 578 g/mol. The van der Waals surface area contributed by atoms with E-state index in [1.807, 2.05) is 58.9 Å². The van der Waals surface area contributed by atoms with E-state index in [4.69, 9.17) is 25.8 Å². The minimum Gasteiger partial charge on any atom is -0.493 e. The molecule has 0 bridgehead atoms. The summed E-state index contributed by atoms with van der Waals surface area (Å²) in [4.78, 5) is 39.7. The smallest absolute Gasteiger partial charge is 0.262 e. The first-order valence-corrected chi connectivity index (χ1v) is 14.2. The minimum atomic E-state index is -0.619. The molecule has 0 spiro atoms. The maximum absolute atomic E-state index is 13.6. The largest absolute Gasteiger partial charge is 0.493 e. The number of anilines is 1. The van der Waals surface area contributed by atoms with Crippen molar-refractivity contribution in [3.05, 3.63) is 75.2 Å². The molecule has 0 radical (unpaired) electrons. The lowest BCUT2D eigenvalue weighted by Crippen LogP contribution is -2.37. The number of halogens is 1. The van der Waals surface area contributed by atoms with Gasteiger partial charge in [0.25, 0.3) is 5.91 Å². The first-order chi connectivity index (χ1) is 19.3. The van der Waals surface area contributed by atoms with Gasteiger partial charge < -0.3 is 19.5 Å². The average Bonchev–Trinajstić information content (AvgIpc) is 2.86. The molecule has 7 nitrogen and oxygen atoms in total. The molecular formula is C33H36ClNO6. The van der Waals surface area contributed by atoms with Crippen LogP contribution in [0.4, 0.5) is 5.69 Å². The van der Waals surface area contributed by atoms with Crippen LogP contribution in [0.2, 0.25) is 5.02 Å². The van der Waals surface area contributed by atoms with Gasteiger partial charge in [-0.15, -0.1) is 0 Å². The third kappa shape index (κ3) is 5.91. The summed E-state index contributed by atoms with van der Waals surface area (Å²) in [5.41, 5.74) is 2.92. The molecule has 1 amide bonds. The molecule has 0 aromatic heterocycles. The molecule has 2 aromatic rings. The molecule has 0 saturated carbocycles. The van der Waals surface area contributed by atoms with Crippen LogP contribution in [0, 0.1) is 17.8 Å². The summed E-state index contributed by atoms with van der Waals surface area (Å²) in [7, 11) is 1.48. The number of ether oxygens (including phenoxy) is 3. The van der Waals surface area contributed by atoms with Crippen LogP contribution in [-0.4, -0.2) is 31.2 Å². The maximum atomic E-state index is 13.6. The van der Waals surface area contributed by atoms with E-state index in [1.165, 1.54) is 7.11 Å². The molecule has 8 heteroatoms. The van der Waals surface area contributed by atoms with Crippen LogP contribution in [0.5, 0.6) is 11.5 Å². The summed E-state index contributed by atoms with van der Waals surface area (Å²) in [6.07, 6.45) is 1.91. The number of carbonyl (C=O) groups is 3. The Morgan fingerprint density at radius 3 is 2.05 bits per heavy atom. The summed E-state index contributed by atoms with van der Waals surface area (Å²) in [5, 5.41) is 3.01.